The number of ether oxygens (including phenoxy) is 2. The van der Waals surface area contributed by atoms with Gasteiger partial charge in [-0.15, -0.1) is 0 Å². The smallest absolute Gasteiger partial charge is 0.164 e. The molecule has 0 radical (unpaired) electrons. The minimum absolute atomic E-state index is 0.435. The molecule has 20 heavy (non-hydrogen) atoms. The molecule has 2 aromatic rings. The molecule has 0 fully saturated rings. The summed E-state index contributed by atoms with van der Waals surface area (Å²) in [7, 11) is 1.63. The molecule has 1 heterocycles. The summed E-state index contributed by atoms with van der Waals surface area (Å²) in [5.74, 6) is 1.47. The number of nitrogens with two attached hydrogens (primary N) is 1. The highest BCUT2D eigenvalue weighted by atomic mass is 79.9. The molecule has 1 aromatic carbocycles. The number of methoxy groups -OCH3 is 1. The van der Waals surface area contributed by atoms with E-state index in [0.29, 0.717) is 13.2 Å². The van der Waals surface area contributed by atoms with Crippen LogP contribution in [0.5, 0.6) is 11.5 Å². The van der Waals surface area contributed by atoms with E-state index in [0.717, 1.165) is 33.5 Å². The number of pyridine rings is 1. The molecule has 0 atom stereocenters. The minimum atomic E-state index is 0.435. The van der Waals surface area contributed by atoms with E-state index < -0.39 is 0 Å². The van der Waals surface area contributed by atoms with Gasteiger partial charge in [0.25, 0.3) is 0 Å². The van der Waals surface area contributed by atoms with Crippen molar-refractivity contribution in [3.8, 4) is 11.5 Å². The predicted molar refractivity (Wildman–Crippen MR) is 82.0 cm³/mol. The molecule has 0 aliphatic rings. The van der Waals surface area contributed by atoms with Crippen LogP contribution in [0.4, 0.5) is 0 Å². The van der Waals surface area contributed by atoms with E-state index in [2.05, 4.69) is 20.9 Å². The molecule has 0 bridgehead atoms. The maximum atomic E-state index is 5.91. The van der Waals surface area contributed by atoms with Crippen molar-refractivity contribution in [2.75, 3.05) is 13.7 Å². The molecule has 2 rings (SSSR count). The van der Waals surface area contributed by atoms with Crippen LogP contribution in [0.15, 0.2) is 41.1 Å². The Morgan fingerprint density at radius 2 is 2.15 bits per heavy atom. The van der Waals surface area contributed by atoms with Gasteiger partial charge < -0.3 is 15.2 Å². The summed E-state index contributed by atoms with van der Waals surface area (Å²) in [5, 5.41) is 0. The van der Waals surface area contributed by atoms with Gasteiger partial charge in [-0.25, -0.2) is 0 Å². The molecule has 0 saturated carbocycles. The van der Waals surface area contributed by atoms with Crippen LogP contribution in [0.2, 0.25) is 0 Å². The van der Waals surface area contributed by atoms with Crippen molar-refractivity contribution in [2.45, 2.75) is 13.0 Å². The third-order valence-corrected chi connectivity index (χ3v) is 3.27. The second kappa shape index (κ2) is 7.26. The second-order valence-electron chi connectivity index (χ2n) is 4.29. The van der Waals surface area contributed by atoms with Gasteiger partial charge in [0.05, 0.1) is 7.11 Å². The predicted octanol–water partition coefficient (Wildman–Crippen LogP) is 2.93. The lowest BCUT2D eigenvalue weighted by Gasteiger charge is -2.14. The average molecular weight is 337 g/mol. The molecule has 106 valence electrons. The fraction of sp³-hybridized carbons (Fsp3) is 0.267. The van der Waals surface area contributed by atoms with Gasteiger partial charge in [-0.2, -0.15) is 0 Å². The molecule has 0 saturated heterocycles. The standard InChI is InChI=1S/C15H17BrN2O2/c1-19-14-4-2-3-12(5-6-17)15(14)20-10-11-7-13(16)9-18-8-11/h2-4,7-9H,5-6,10,17H2,1H3. The number of hydrogen-bond donors (Lipinski definition) is 1. The van der Waals surface area contributed by atoms with Crippen molar-refractivity contribution in [3.05, 3.63) is 52.3 Å². The maximum absolute atomic E-state index is 5.91. The third-order valence-electron chi connectivity index (χ3n) is 2.84. The maximum Gasteiger partial charge on any atom is 0.164 e. The molecule has 4 nitrogen and oxygen atoms in total. The van der Waals surface area contributed by atoms with Crippen LogP contribution in [0, 0.1) is 0 Å². The number of hydrogen-bond acceptors (Lipinski definition) is 4. The molecule has 5 heteroatoms. The molecule has 0 aliphatic heterocycles. The SMILES string of the molecule is COc1cccc(CCN)c1OCc1cncc(Br)c1. The van der Waals surface area contributed by atoms with E-state index in [1.165, 1.54) is 0 Å². The Labute approximate surface area is 127 Å². The van der Waals surface area contributed by atoms with Gasteiger partial charge in [-0.3, -0.25) is 4.98 Å². The normalized spacial score (nSPS) is 10.3. The van der Waals surface area contributed by atoms with Crippen molar-refractivity contribution < 1.29 is 9.47 Å². The first-order valence-electron chi connectivity index (χ1n) is 6.32. The number of nitrogens with zero attached hydrogens (tertiary/aromatic N) is 1. The molecule has 0 aliphatic carbocycles. The summed E-state index contributed by atoms with van der Waals surface area (Å²) in [4.78, 5) is 4.12. The van der Waals surface area contributed by atoms with Crippen LogP contribution in [0.3, 0.4) is 0 Å². The first-order chi connectivity index (χ1) is 9.74. The summed E-state index contributed by atoms with van der Waals surface area (Å²) in [6.45, 7) is 1.01. The quantitative estimate of drug-likeness (QED) is 0.881. The van der Waals surface area contributed by atoms with Crippen molar-refractivity contribution in [2.24, 2.45) is 5.73 Å². The summed E-state index contributed by atoms with van der Waals surface area (Å²) in [6.07, 6.45) is 4.28. The van der Waals surface area contributed by atoms with Gasteiger partial charge in [0.15, 0.2) is 11.5 Å². The van der Waals surface area contributed by atoms with Crippen LogP contribution in [-0.2, 0) is 13.0 Å². The fourth-order valence-corrected chi connectivity index (χ4v) is 2.34. The highest BCUT2D eigenvalue weighted by molar-refractivity contribution is 9.10. The lowest BCUT2D eigenvalue weighted by Crippen LogP contribution is -2.06. The summed E-state index contributed by atoms with van der Waals surface area (Å²) < 4.78 is 12.2. The number of rotatable bonds is 6. The first-order valence-corrected chi connectivity index (χ1v) is 7.12. The van der Waals surface area contributed by atoms with Crippen LogP contribution in [0.25, 0.3) is 0 Å². The minimum Gasteiger partial charge on any atom is -0.493 e. The Kier molecular flexibility index (Phi) is 5.38. The van der Waals surface area contributed by atoms with Crippen molar-refractivity contribution >= 4 is 15.9 Å². The fourth-order valence-electron chi connectivity index (χ4n) is 1.93. The van der Waals surface area contributed by atoms with Crippen LogP contribution in [-0.4, -0.2) is 18.6 Å². The topological polar surface area (TPSA) is 57.4 Å². The Hall–Kier alpha value is -1.59. The van der Waals surface area contributed by atoms with Crippen LogP contribution in [0.1, 0.15) is 11.1 Å². The zero-order valence-electron chi connectivity index (χ0n) is 11.3. The van der Waals surface area contributed by atoms with Crippen LogP contribution >= 0.6 is 15.9 Å². The van der Waals surface area contributed by atoms with Gasteiger partial charge in [0.1, 0.15) is 6.61 Å². The molecule has 0 spiro atoms. The van der Waals surface area contributed by atoms with E-state index in [9.17, 15) is 0 Å². The Morgan fingerprint density at radius 3 is 2.85 bits per heavy atom. The van der Waals surface area contributed by atoms with Gasteiger partial charge in [0, 0.05) is 22.4 Å². The zero-order valence-corrected chi connectivity index (χ0v) is 12.9. The number of para-hydroxylation sites is 1. The van der Waals surface area contributed by atoms with E-state index >= 15 is 0 Å². The molecule has 1 aromatic heterocycles. The Balaban J connectivity index is 2.19. The van der Waals surface area contributed by atoms with Gasteiger partial charge in [-0.05, 0) is 46.6 Å². The molecule has 0 unspecified atom stereocenters. The van der Waals surface area contributed by atoms with Crippen LogP contribution < -0.4 is 15.2 Å². The average Bonchev–Trinajstić information content (AvgIpc) is 2.46. The van der Waals surface area contributed by atoms with E-state index in [4.69, 9.17) is 15.2 Å². The Morgan fingerprint density at radius 1 is 1.30 bits per heavy atom. The molecular weight excluding hydrogens is 320 g/mol. The number of halogens is 1. The number of aromatic nitrogens is 1. The lowest BCUT2D eigenvalue weighted by atomic mass is 10.1. The zero-order chi connectivity index (χ0) is 14.4. The van der Waals surface area contributed by atoms with Crippen molar-refractivity contribution in [3.63, 3.8) is 0 Å². The second-order valence-corrected chi connectivity index (χ2v) is 5.20. The van der Waals surface area contributed by atoms with E-state index in [1.54, 1.807) is 19.5 Å². The van der Waals surface area contributed by atoms with E-state index in [-0.39, 0.29) is 0 Å². The summed E-state index contributed by atoms with van der Waals surface area (Å²) in [5.41, 5.74) is 7.68. The number of benzene rings is 1. The molecule has 0 amide bonds. The van der Waals surface area contributed by atoms with Gasteiger partial charge >= 0.3 is 0 Å². The Bertz CT molecular complexity index is 576. The third kappa shape index (κ3) is 3.71. The highest BCUT2D eigenvalue weighted by Crippen LogP contribution is 2.32. The van der Waals surface area contributed by atoms with Gasteiger partial charge in [-0.1, -0.05) is 12.1 Å². The monoisotopic (exact) mass is 336 g/mol. The van der Waals surface area contributed by atoms with Crippen molar-refractivity contribution in [1.82, 2.24) is 4.98 Å². The van der Waals surface area contributed by atoms with Crippen molar-refractivity contribution in [1.29, 1.82) is 0 Å². The highest BCUT2D eigenvalue weighted by Gasteiger charge is 2.10. The summed E-state index contributed by atoms with van der Waals surface area (Å²) >= 11 is 3.40. The lowest BCUT2D eigenvalue weighted by molar-refractivity contribution is 0.281. The molecular formula is C15H17BrN2O2. The largest absolute Gasteiger partial charge is 0.493 e. The van der Waals surface area contributed by atoms with Gasteiger partial charge in [0.2, 0.25) is 0 Å². The molecule has 2 N–H and O–H groups in total. The summed E-state index contributed by atoms with van der Waals surface area (Å²) in [6, 6.07) is 7.81. The first kappa shape index (κ1) is 14.8. The van der Waals surface area contributed by atoms with E-state index in [1.807, 2.05) is 24.3 Å².